The highest BCUT2D eigenvalue weighted by Gasteiger charge is 2.12. The molecule has 3 nitrogen and oxygen atoms in total. The highest BCUT2D eigenvalue weighted by molar-refractivity contribution is 6.18. The monoisotopic (exact) mass is 241 g/mol. The Hall–Kier alpha value is -0.930. The summed E-state index contributed by atoms with van der Waals surface area (Å²) in [5, 5.41) is 0. The van der Waals surface area contributed by atoms with Crippen molar-refractivity contribution in [1.29, 1.82) is 0 Å². The predicted molar refractivity (Wildman–Crippen MR) is 64.5 cm³/mol. The Morgan fingerprint density at radius 1 is 1.25 bits per heavy atom. The van der Waals surface area contributed by atoms with Crippen LogP contribution in [0.5, 0.6) is 11.5 Å². The molecule has 16 heavy (non-hydrogen) atoms. The lowest BCUT2D eigenvalue weighted by molar-refractivity contribution is 0.171. The summed E-state index contributed by atoms with van der Waals surface area (Å²) in [6.45, 7) is 3.03. The molecule has 0 aliphatic carbocycles. The fourth-order valence-electron chi connectivity index (χ4n) is 1.72. The summed E-state index contributed by atoms with van der Waals surface area (Å²) in [6.07, 6.45) is 0. The van der Waals surface area contributed by atoms with Crippen LogP contribution < -0.4 is 9.47 Å². The molecular weight excluding hydrogens is 226 g/mol. The van der Waals surface area contributed by atoms with Crippen molar-refractivity contribution in [2.45, 2.75) is 6.54 Å². The largest absolute Gasteiger partial charge is 0.486 e. The van der Waals surface area contributed by atoms with Gasteiger partial charge in [-0.25, -0.2) is 0 Å². The van der Waals surface area contributed by atoms with E-state index in [1.807, 2.05) is 12.1 Å². The van der Waals surface area contributed by atoms with Crippen LogP contribution in [-0.4, -0.2) is 37.6 Å². The van der Waals surface area contributed by atoms with E-state index in [1.165, 1.54) is 5.56 Å². The minimum Gasteiger partial charge on any atom is -0.486 e. The minimum atomic E-state index is 0.633. The summed E-state index contributed by atoms with van der Waals surface area (Å²) >= 11 is 5.69. The third-order valence-electron chi connectivity index (χ3n) is 2.53. The van der Waals surface area contributed by atoms with Crippen LogP contribution in [0, 0.1) is 0 Å². The molecule has 1 aromatic rings. The van der Waals surface area contributed by atoms with E-state index in [-0.39, 0.29) is 0 Å². The molecule has 0 saturated heterocycles. The van der Waals surface area contributed by atoms with Gasteiger partial charge in [0.25, 0.3) is 0 Å². The molecule has 1 aromatic carbocycles. The standard InChI is InChI=1S/C12H16ClNO2/c1-14(5-4-13)9-10-2-3-11-12(8-10)16-7-6-15-11/h2-3,8H,4-7,9H2,1H3. The van der Waals surface area contributed by atoms with Crippen LogP contribution in [0.2, 0.25) is 0 Å². The number of hydrogen-bond donors (Lipinski definition) is 0. The van der Waals surface area contributed by atoms with Gasteiger partial charge in [-0.2, -0.15) is 0 Å². The number of rotatable bonds is 4. The van der Waals surface area contributed by atoms with Gasteiger partial charge in [-0.3, -0.25) is 0 Å². The van der Waals surface area contributed by atoms with Gasteiger partial charge in [-0.15, -0.1) is 11.6 Å². The van der Waals surface area contributed by atoms with Gasteiger partial charge < -0.3 is 14.4 Å². The average Bonchev–Trinajstić information content (AvgIpc) is 2.29. The predicted octanol–water partition coefficient (Wildman–Crippen LogP) is 2.13. The lowest BCUT2D eigenvalue weighted by Gasteiger charge is -2.20. The van der Waals surface area contributed by atoms with E-state index >= 15 is 0 Å². The van der Waals surface area contributed by atoms with Gasteiger partial charge in [0.1, 0.15) is 13.2 Å². The molecule has 0 saturated carbocycles. The van der Waals surface area contributed by atoms with Gasteiger partial charge in [0.15, 0.2) is 11.5 Å². The van der Waals surface area contributed by atoms with Crippen molar-refractivity contribution in [2.75, 3.05) is 32.7 Å². The SMILES string of the molecule is CN(CCCl)Cc1ccc2c(c1)OCCO2. The highest BCUT2D eigenvalue weighted by Crippen LogP contribution is 2.30. The molecule has 0 fully saturated rings. The lowest BCUT2D eigenvalue weighted by Crippen LogP contribution is -2.20. The van der Waals surface area contributed by atoms with Crippen molar-refractivity contribution >= 4 is 11.6 Å². The van der Waals surface area contributed by atoms with Gasteiger partial charge in [0, 0.05) is 19.0 Å². The Labute approximate surface area is 101 Å². The molecule has 1 aliphatic rings. The molecule has 1 heterocycles. The van der Waals surface area contributed by atoms with Crippen LogP contribution in [-0.2, 0) is 6.54 Å². The average molecular weight is 242 g/mol. The first-order valence-electron chi connectivity index (χ1n) is 5.42. The lowest BCUT2D eigenvalue weighted by atomic mass is 10.2. The van der Waals surface area contributed by atoms with E-state index in [0.717, 1.165) is 24.6 Å². The maximum absolute atomic E-state index is 5.69. The van der Waals surface area contributed by atoms with Gasteiger partial charge >= 0.3 is 0 Å². The first-order chi connectivity index (χ1) is 7.79. The molecule has 4 heteroatoms. The van der Waals surface area contributed by atoms with Gasteiger partial charge in [0.2, 0.25) is 0 Å². The molecule has 0 aromatic heterocycles. The Bertz CT molecular complexity index is 357. The Balaban J connectivity index is 2.05. The van der Waals surface area contributed by atoms with Crippen molar-refractivity contribution in [3.8, 4) is 11.5 Å². The number of nitrogens with zero attached hydrogens (tertiary/aromatic N) is 1. The second-order valence-electron chi connectivity index (χ2n) is 3.90. The summed E-state index contributed by atoms with van der Waals surface area (Å²) in [4.78, 5) is 2.18. The topological polar surface area (TPSA) is 21.7 Å². The summed E-state index contributed by atoms with van der Waals surface area (Å²) < 4.78 is 11.0. The molecule has 0 bridgehead atoms. The molecule has 2 rings (SSSR count). The molecule has 88 valence electrons. The maximum atomic E-state index is 5.69. The van der Waals surface area contributed by atoms with E-state index in [1.54, 1.807) is 0 Å². The third-order valence-corrected chi connectivity index (χ3v) is 2.69. The Morgan fingerprint density at radius 2 is 2.00 bits per heavy atom. The van der Waals surface area contributed by atoms with E-state index in [0.29, 0.717) is 19.1 Å². The molecule has 0 spiro atoms. The molecule has 0 amide bonds. The zero-order chi connectivity index (χ0) is 11.4. The van der Waals surface area contributed by atoms with Crippen molar-refractivity contribution in [2.24, 2.45) is 0 Å². The Morgan fingerprint density at radius 3 is 2.75 bits per heavy atom. The minimum absolute atomic E-state index is 0.633. The normalized spacial score (nSPS) is 14.2. The Kier molecular flexibility index (Phi) is 3.91. The molecule has 1 aliphatic heterocycles. The van der Waals surface area contributed by atoms with Crippen LogP contribution >= 0.6 is 11.6 Å². The van der Waals surface area contributed by atoms with Crippen molar-refractivity contribution in [3.05, 3.63) is 23.8 Å². The van der Waals surface area contributed by atoms with E-state index < -0.39 is 0 Å². The van der Waals surface area contributed by atoms with Gasteiger partial charge in [-0.05, 0) is 24.7 Å². The van der Waals surface area contributed by atoms with E-state index in [9.17, 15) is 0 Å². The first kappa shape index (κ1) is 11.6. The number of hydrogen-bond acceptors (Lipinski definition) is 3. The summed E-state index contributed by atoms with van der Waals surface area (Å²) in [5.41, 5.74) is 1.22. The van der Waals surface area contributed by atoms with Gasteiger partial charge in [0.05, 0.1) is 0 Å². The first-order valence-corrected chi connectivity index (χ1v) is 5.96. The third kappa shape index (κ3) is 2.80. The second-order valence-corrected chi connectivity index (χ2v) is 4.28. The molecule has 0 N–H and O–H groups in total. The zero-order valence-electron chi connectivity index (χ0n) is 9.41. The number of ether oxygens (including phenoxy) is 2. The number of halogens is 1. The van der Waals surface area contributed by atoms with Crippen LogP contribution in [0.25, 0.3) is 0 Å². The van der Waals surface area contributed by atoms with Crippen LogP contribution in [0.4, 0.5) is 0 Å². The van der Waals surface area contributed by atoms with Crippen molar-refractivity contribution < 1.29 is 9.47 Å². The van der Waals surface area contributed by atoms with Crippen molar-refractivity contribution in [1.82, 2.24) is 4.90 Å². The quantitative estimate of drug-likeness (QED) is 0.754. The second kappa shape index (κ2) is 5.41. The molecule has 0 atom stereocenters. The number of fused-ring (bicyclic) bond motifs is 1. The van der Waals surface area contributed by atoms with Crippen molar-refractivity contribution in [3.63, 3.8) is 0 Å². The summed E-state index contributed by atoms with van der Waals surface area (Å²) in [5.74, 6) is 2.35. The van der Waals surface area contributed by atoms with Gasteiger partial charge in [-0.1, -0.05) is 6.07 Å². The number of benzene rings is 1. The fraction of sp³-hybridized carbons (Fsp3) is 0.500. The molecular formula is C12H16ClNO2. The fourth-order valence-corrected chi connectivity index (χ4v) is 2.01. The van der Waals surface area contributed by atoms with Crippen LogP contribution in [0.15, 0.2) is 18.2 Å². The zero-order valence-corrected chi connectivity index (χ0v) is 10.2. The maximum Gasteiger partial charge on any atom is 0.161 e. The highest BCUT2D eigenvalue weighted by atomic mass is 35.5. The summed E-state index contributed by atoms with van der Waals surface area (Å²) in [7, 11) is 2.05. The van der Waals surface area contributed by atoms with Crippen LogP contribution in [0.1, 0.15) is 5.56 Å². The molecule has 0 unspecified atom stereocenters. The number of alkyl halides is 1. The van der Waals surface area contributed by atoms with E-state index in [4.69, 9.17) is 21.1 Å². The summed E-state index contributed by atoms with van der Waals surface area (Å²) in [6, 6.07) is 6.08. The molecule has 0 radical (unpaired) electrons. The smallest absolute Gasteiger partial charge is 0.161 e. The van der Waals surface area contributed by atoms with Crippen LogP contribution in [0.3, 0.4) is 0 Å². The van der Waals surface area contributed by atoms with E-state index in [2.05, 4.69) is 18.0 Å².